The number of amides is 1. The maximum atomic E-state index is 11.7. The van der Waals surface area contributed by atoms with Gasteiger partial charge in [-0.25, -0.2) is 0 Å². The minimum absolute atomic E-state index is 0.0880. The van der Waals surface area contributed by atoms with Crippen molar-refractivity contribution in [3.05, 3.63) is 0 Å². The minimum atomic E-state index is -0.784. The quantitative estimate of drug-likeness (QED) is 0.682. The van der Waals surface area contributed by atoms with Crippen molar-refractivity contribution >= 4 is 5.91 Å². The predicted octanol–water partition coefficient (Wildman–Crippen LogP) is 1.27. The summed E-state index contributed by atoms with van der Waals surface area (Å²) in [6, 6.07) is 0. The number of nitrogens with one attached hydrogen (secondary N) is 1. The van der Waals surface area contributed by atoms with Gasteiger partial charge in [0.05, 0.1) is 5.54 Å². The van der Waals surface area contributed by atoms with Gasteiger partial charge >= 0.3 is 0 Å². The monoisotopic (exact) mass is 186 g/mol. The van der Waals surface area contributed by atoms with E-state index in [-0.39, 0.29) is 17.4 Å². The second-order valence-corrected chi connectivity index (χ2v) is 5.14. The summed E-state index contributed by atoms with van der Waals surface area (Å²) in [7, 11) is 0. The van der Waals surface area contributed by atoms with Gasteiger partial charge in [0.15, 0.2) is 0 Å². The van der Waals surface area contributed by atoms with Crippen molar-refractivity contribution < 1.29 is 4.79 Å². The third kappa shape index (κ3) is 3.77. The van der Waals surface area contributed by atoms with Crippen LogP contribution in [-0.4, -0.2) is 17.0 Å². The summed E-state index contributed by atoms with van der Waals surface area (Å²) in [5.41, 5.74) is 4.90. The van der Waals surface area contributed by atoms with E-state index in [1.54, 1.807) is 6.92 Å². The molecule has 3 heteroatoms. The van der Waals surface area contributed by atoms with E-state index in [1.807, 2.05) is 34.6 Å². The Morgan fingerprint density at radius 2 is 1.62 bits per heavy atom. The molecule has 0 radical (unpaired) electrons. The van der Waals surface area contributed by atoms with Crippen molar-refractivity contribution in [3.63, 3.8) is 0 Å². The molecule has 0 heterocycles. The smallest absolute Gasteiger partial charge is 0.240 e. The first-order valence-electron chi connectivity index (χ1n) is 4.69. The third-order valence-electron chi connectivity index (χ3n) is 2.18. The second-order valence-electron chi connectivity index (χ2n) is 5.14. The van der Waals surface area contributed by atoms with E-state index in [9.17, 15) is 4.79 Å². The number of carbonyl (C=O) groups is 1. The molecule has 13 heavy (non-hydrogen) atoms. The minimum Gasteiger partial charge on any atom is -0.350 e. The van der Waals surface area contributed by atoms with E-state index in [4.69, 9.17) is 5.73 Å². The SMILES string of the molecule is CC(C)C(C)(N)C(=O)NC(C)(C)C. The van der Waals surface area contributed by atoms with Crippen molar-refractivity contribution in [2.75, 3.05) is 0 Å². The van der Waals surface area contributed by atoms with E-state index in [0.29, 0.717) is 0 Å². The van der Waals surface area contributed by atoms with Gasteiger partial charge in [0.25, 0.3) is 0 Å². The predicted molar refractivity (Wildman–Crippen MR) is 55.3 cm³/mol. The summed E-state index contributed by atoms with van der Waals surface area (Å²) in [5.74, 6) is 0.0462. The van der Waals surface area contributed by atoms with Crippen LogP contribution in [0, 0.1) is 5.92 Å². The molecule has 3 nitrogen and oxygen atoms in total. The number of nitrogens with two attached hydrogens (primary N) is 1. The first-order chi connectivity index (χ1) is 5.57. The Morgan fingerprint density at radius 1 is 1.23 bits per heavy atom. The van der Waals surface area contributed by atoms with Crippen molar-refractivity contribution in [2.45, 2.75) is 52.6 Å². The molecule has 0 spiro atoms. The maximum Gasteiger partial charge on any atom is 0.240 e. The largest absolute Gasteiger partial charge is 0.350 e. The highest BCUT2D eigenvalue weighted by Crippen LogP contribution is 2.14. The molecule has 3 N–H and O–H groups in total. The number of rotatable bonds is 2. The molecular formula is C10H22N2O. The van der Waals surface area contributed by atoms with Gasteiger partial charge in [0.1, 0.15) is 0 Å². The van der Waals surface area contributed by atoms with Crippen molar-refractivity contribution in [2.24, 2.45) is 11.7 Å². The van der Waals surface area contributed by atoms with Gasteiger partial charge in [0.2, 0.25) is 5.91 Å². The topological polar surface area (TPSA) is 55.1 Å². The Hall–Kier alpha value is -0.570. The zero-order chi connectivity index (χ0) is 10.9. The van der Waals surface area contributed by atoms with E-state index in [0.717, 1.165) is 0 Å². The van der Waals surface area contributed by atoms with E-state index in [2.05, 4.69) is 5.32 Å². The Bertz CT molecular complexity index is 190. The molecule has 0 aromatic rings. The van der Waals surface area contributed by atoms with Crippen LogP contribution in [0.25, 0.3) is 0 Å². The van der Waals surface area contributed by atoms with Crippen molar-refractivity contribution in [1.29, 1.82) is 0 Å². The highest BCUT2D eigenvalue weighted by atomic mass is 16.2. The average Bonchev–Trinajstić information content (AvgIpc) is 1.82. The number of carbonyl (C=O) groups excluding carboxylic acids is 1. The van der Waals surface area contributed by atoms with Crippen LogP contribution in [0.1, 0.15) is 41.5 Å². The maximum absolute atomic E-state index is 11.7. The van der Waals surface area contributed by atoms with Gasteiger partial charge in [-0.1, -0.05) is 13.8 Å². The lowest BCUT2D eigenvalue weighted by atomic mass is 9.88. The fourth-order valence-electron chi connectivity index (χ4n) is 0.737. The molecule has 1 atom stereocenters. The normalized spacial score (nSPS) is 16.9. The number of hydrogen-bond donors (Lipinski definition) is 2. The van der Waals surface area contributed by atoms with Crippen LogP contribution < -0.4 is 11.1 Å². The van der Waals surface area contributed by atoms with E-state index < -0.39 is 5.54 Å². The first-order valence-corrected chi connectivity index (χ1v) is 4.69. The number of hydrogen-bond acceptors (Lipinski definition) is 2. The average molecular weight is 186 g/mol. The Balaban J connectivity index is 4.44. The molecule has 0 aliphatic carbocycles. The molecule has 0 aliphatic heterocycles. The summed E-state index contributed by atoms with van der Waals surface area (Å²) >= 11 is 0. The van der Waals surface area contributed by atoms with Crippen LogP contribution >= 0.6 is 0 Å². The summed E-state index contributed by atoms with van der Waals surface area (Å²) in [6.07, 6.45) is 0. The highest BCUT2D eigenvalue weighted by molar-refractivity contribution is 5.86. The molecule has 0 fully saturated rings. The van der Waals surface area contributed by atoms with Gasteiger partial charge in [-0.3, -0.25) is 4.79 Å². The zero-order valence-electron chi connectivity index (χ0n) is 9.56. The van der Waals surface area contributed by atoms with Crippen LogP contribution in [0.4, 0.5) is 0 Å². The molecular weight excluding hydrogens is 164 g/mol. The molecule has 1 unspecified atom stereocenters. The zero-order valence-corrected chi connectivity index (χ0v) is 9.56. The third-order valence-corrected chi connectivity index (χ3v) is 2.18. The highest BCUT2D eigenvalue weighted by Gasteiger charge is 2.33. The summed E-state index contributed by atoms with van der Waals surface area (Å²) in [5, 5.41) is 2.88. The first kappa shape index (κ1) is 12.4. The Morgan fingerprint density at radius 3 is 1.85 bits per heavy atom. The molecule has 0 rings (SSSR count). The van der Waals surface area contributed by atoms with Gasteiger partial charge < -0.3 is 11.1 Å². The van der Waals surface area contributed by atoms with Crippen molar-refractivity contribution in [1.82, 2.24) is 5.32 Å². The molecule has 0 aromatic carbocycles. The second kappa shape index (κ2) is 3.66. The van der Waals surface area contributed by atoms with Gasteiger partial charge in [0, 0.05) is 5.54 Å². The van der Waals surface area contributed by atoms with Crippen LogP contribution in [0.5, 0.6) is 0 Å². The lowest BCUT2D eigenvalue weighted by molar-refractivity contribution is -0.128. The van der Waals surface area contributed by atoms with Crippen LogP contribution in [-0.2, 0) is 4.79 Å². The summed E-state index contributed by atoms with van der Waals surface area (Å²) in [6.45, 7) is 11.5. The van der Waals surface area contributed by atoms with Gasteiger partial charge in [-0.2, -0.15) is 0 Å². The Labute approximate surface area is 81.1 Å². The molecule has 0 saturated heterocycles. The van der Waals surface area contributed by atoms with Crippen LogP contribution in [0.3, 0.4) is 0 Å². The lowest BCUT2D eigenvalue weighted by Gasteiger charge is -2.32. The fraction of sp³-hybridized carbons (Fsp3) is 0.900. The van der Waals surface area contributed by atoms with E-state index >= 15 is 0 Å². The molecule has 1 amide bonds. The Kier molecular flexibility index (Phi) is 3.50. The molecule has 0 saturated carbocycles. The fourth-order valence-corrected chi connectivity index (χ4v) is 0.737. The van der Waals surface area contributed by atoms with Crippen LogP contribution in [0.15, 0.2) is 0 Å². The summed E-state index contributed by atoms with van der Waals surface area (Å²) in [4.78, 5) is 11.7. The molecule has 0 aromatic heterocycles. The standard InChI is InChI=1S/C10H22N2O/c1-7(2)10(6,11)8(13)12-9(3,4)5/h7H,11H2,1-6H3,(H,12,13). The molecule has 78 valence electrons. The van der Waals surface area contributed by atoms with Gasteiger partial charge in [-0.15, -0.1) is 0 Å². The van der Waals surface area contributed by atoms with E-state index in [1.165, 1.54) is 0 Å². The van der Waals surface area contributed by atoms with Crippen molar-refractivity contribution in [3.8, 4) is 0 Å². The van der Waals surface area contributed by atoms with Crippen LogP contribution in [0.2, 0.25) is 0 Å². The molecule has 0 aliphatic rings. The lowest BCUT2D eigenvalue weighted by Crippen LogP contribution is -2.59. The summed E-state index contributed by atoms with van der Waals surface area (Å²) < 4.78 is 0. The van der Waals surface area contributed by atoms with Gasteiger partial charge in [-0.05, 0) is 33.6 Å². The molecule has 0 bridgehead atoms.